The van der Waals surface area contributed by atoms with Gasteiger partial charge >= 0.3 is 0 Å². The van der Waals surface area contributed by atoms with E-state index < -0.39 is 0 Å². The van der Waals surface area contributed by atoms with Crippen LogP contribution in [0.25, 0.3) is 6.08 Å². The van der Waals surface area contributed by atoms with Gasteiger partial charge in [-0.2, -0.15) is 0 Å². The van der Waals surface area contributed by atoms with Gasteiger partial charge in [0.1, 0.15) is 12.4 Å². The molecule has 2 aromatic rings. The fraction of sp³-hybridized carbons (Fsp3) is 0.0625. The molecule has 0 aliphatic rings. The maximum atomic E-state index is 11.0. The Kier molecular flexibility index (Phi) is 5.83. The lowest BCUT2D eigenvalue weighted by molar-refractivity contribution is -0.116. The normalized spacial score (nSPS) is 10.7. The third-order valence-electron chi connectivity index (χ3n) is 2.84. The van der Waals surface area contributed by atoms with Crippen molar-refractivity contribution in [1.29, 1.82) is 0 Å². The average molecular weight is 337 g/mol. The molecule has 114 valence electrons. The molecule has 1 amide bonds. The molecule has 0 bridgehead atoms. The molecule has 4 nitrogen and oxygen atoms in total. The van der Waals surface area contributed by atoms with Gasteiger partial charge in [-0.15, -0.1) is 0 Å². The Bertz CT molecular complexity index is 685. The Morgan fingerprint density at radius 3 is 2.50 bits per heavy atom. The molecule has 6 heteroatoms. The molecule has 0 fully saturated rings. The molecule has 0 atom stereocenters. The zero-order valence-electron chi connectivity index (χ0n) is 11.6. The van der Waals surface area contributed by atoms with Gasteiger partial charge in [0.15, 0.2) is 0 Å². The van der Waals surface area contributed by atoms with E-state index in [1.807, 2.05) is 35.8 Å². The van der Waals surface area contributed by atoms with Gasteiger partial charge in [0.05, 0.1) is 10.0 Å². The van der Waals surface area contributed by atoms with Gasteiger partial charge in [-0.05, 0) is 41.5 Å². The van der Waals surface area contributed by atoms with E-state index in [1.54, 1.807) is 18.2 Å². The van der Waals surface area contributed by atoms with E-state index in [4.69, 9.17) is 33.8 Å². The molecule has 0 radical (unpaired) electrons. The van der Waals surface area contributed by atoms with Crippen molar-refractivity contribution in [2.75, 3.05) is 0 Å². The second-order valence-corrected chi connectivity index (χ2v) is 5.26. The lowest BCUT2D eigenvalue weighted by Gasteiger charge is -2.07. The number of hydrazine groups is 1. The molecule has 3 N–H and O–H groups in total. The van der Waals surface area contributed by atoms with Crippen LogP contribution in [-0.4, -0.2) is 5.91 Å². The van der Waals surface area contributed by atoms with Crippen molar-refractivity contribution in [2.45, 2.75) is 6.61 Å². The summed E-state index contributed by atoms with van der Waals surface area (Å²) < 4.78 is 5.66. The third-order valence-corrected chi connectivity index (χ3v) is 3.58. The molecule has 2 rings (SSSR count). The van der Waals surface area contributed by atoms with Crippen LogP contribution in [0.2, 0.25) is 10.0 Å². The molecule has 22 heavy (non-hydrogen) atoms. The minimum atomic E-state index is -0.361. The van der Waals surface area contributed by atoms with Gasteiger partial charge in [-0.25, -0.2) is 5.84 Å². The monoisotopic (exact) mass is 336 g/mol. The molecular formula is C16H14Cl2N2O2. The zero-order valence-corrected chi connectivity index (χ0v) is 13.1. The van der Waals surface area contributed by atoms with E-state index in [2.05, 4.69) is 0 Å². The number of nitrogens with two attached hydrogens (primary N) is 1. The zero-order chi connectivity index (χ0) is 15.9. The summed E-state index contributed by atoms with van der Waals surface area (Å²) in [5, 5.41) is 1.02. The molecule has 0 saturated heterocycles. The molecule has 0 heterocycles. The third kappa shape index (κ3) is 4.77. The van der Waals surface area contributed by atoms with Crippen LogP contribution in [0.15, 0.2) is 48.5 Å². The maximum absolute atomic E-state index is 11.0. The number of hydrogen-bond acceptors (Lipinski definition) is 3. The maximum Gasteiger partial charge on any atom is 0.257 e. The van der Waals surface area contributed by atoms with Crippen LogP contribution in [0.4, 0.5) is 0 Å². The highest BCUT2D eigenvalue weighted by molar-refractivity contribution is 6.42. The summed E-state index contributed by atoms with van der Waals surface area (Å²) in [6.45, 7) is 0.391. The highest BCUT2D eigenvalue weighted by Gasteiger charge is 2.01. The standard InChI is InChI=1S/C16H14Cl2N2O2/c17-14-7-3-12(9-15(14)18)10-22-13-5-1-11(2-6-13)4-8-16(21)20-19/h1-9H,10,19H2,(H,20,21)/b8-4+. The Hall–Kier alpha value is -2.01. The van der Waals surface area contributed by atoms with E-state index in [-0.39, 0.29) is 5.91 Å². The number of halogens is 2. The molecule has 0 unspecified atom stereocenters. The first kappa shape index (κ1) is 16.4. The summed E-state index contributed by atoms with van der Waals surface area (Å²) in [4.78, 5) is 11.0. The molecule has 2 aromatic carbocycles. The number of carbonyl (C=O) groups is 1. The van der Waals surface area contributed by atoms with Crippen LogP contribution >= 0.6 is 23.2 Å². The van der Waals surface area contributed by atoms with Crippen molar-refractivity contribution < 1.29 is 9.53 Å². The second kappa shape index (κ2) is 7.84. The van der Waals surface area contributed by atoms with Gasteiger partial charge in [0.2, 0.25) is 0 Å². The highest BCUT2D eigenvalue weighted by atomic mass is 35.5. The summed E-state index contributed by atoms with van der Waals surface area (Å²) >= 11 is 11.8. The van der Waals surface area contributed by atoms with Gasteiger partial charge in [-0.3, -0.25) is 10.2 Å². The first-order chi connectivity index (χ1) is 10.6. The molecule has 0 aliphatic carbocycles. The Morgan fingerprint density at radius 2 is 1.86 bits per heavy atom. The van der Waals surface area contributed by atoms with Crippen LogP contribution in [0.1, 0.15) is 11.1 Å². The number of benzene rings is 2. The summed E-state index contributed by atoms with van der Waals surface area (Å²) in [6.07, 6.45) is 3.01. The van der Waals surface area contributed by atoms with Crippen molar-refractivity contribution in [3.8, 4) is 5.75 Å². The Morgan fingerprint density at radius 1 is 1.14 bits per heavy atom. The minimum Gasteiger partial charge on any atom is -0.489 e. The van der Waals surface area contributed by atoms with Crippen molar-refractivity contribution in [3.63, 3.8) is 0 Å². The van der Waals surface area contributed by atoms with Gasteiger partial charge in [0, 0.05) is 6.08 Å². The molecule has 0 saturated carbocycles. The number of ether oxygens (including phenoxy) is 1. The molecule has 0 spiro atoms. The minimum absolute atomic E-state index is 0.361. The molecule has 0 aromatic heterocycles. The van der Waals surface area contributed by atoms with Gasteiger partial charge in [0.25, 0.3) is 5.91 Å². The van der Waals surface area contributed by atoms with Crippen LogP contribution in [0.3, 0.4) is 0 Å². The largest absolute Gasteiger partial charge is 0.489 e. The van der Waals surface area contributed by atoms with Gasteiger partial charge < -0.3 is 4.74 Å². The number of hydrogen-bond donors (Lipinski definition) is 2. The number of rotatable bonds is 5. The second-order valence-electron chi connectivity index (χ2n) is 4.45. The van der Waals surface area contributed by atoms with Crippen molar-refractivity contribution in [3.05, 3.63) is 69.7 Å². The number of amides is 1. The predicted molar refractivity (Wildman–Crippen MR) is 88.6 cm³/mol. The summed E-state index contributed by atoms with van der Waals surface area (Å²) in [5.41, 5.74) is 3.82. The topological polar surface area (TPSA) is 64.3 Å². The number of nitrogens with one attached hydrogen (secondary N) is 1. The van der Waals surface area contributed by atoms with Crippen molar-refractivity contribution in [1.82, 2.24) is 5.43 Å². The Labute approximate surface area is 138 Å². The van der Waals surface area contributed by atoms with E-state index in [1.165, 1.54) is 6.08 Å². The van der Waals surface area contributed by atoms with E-state index in [0.717, 1.165) is 11.1 Å². The highest BCUT2D eigenvalue weighted by Crippen LogP contribution is 2.23. The lowest BCUT2D eigenvalue weighted by atomic mass is 10.2. The average Bonchev–Trinajstić information content (AvgIpc) is 2.54. The predicted octanol–water partition coefficient (Wildman–Crippen LogP) is 3.58. The van der Waals surface area contributed by atoms with Crippen molar-refractivity contribution in [2.24, 2.45) is 5.84 Å². The number of carbonyl (C=O) groups excluding carboxylic acids is 1. The smallest absolute Gasteiger partial charge is 0.257 e. The molecular weight excluding hydrogens is 323 g/mol. The van der Waals surface area contributed by atoms with Gasteiger partial charge in [-0.1, -0.05) is 41.4 Å². The van der Waals surface area contributed by atoms with E-state index >= 15 is 0 Å². The van der Waals surface area contributed by atoms with Crippen LogP contribution in [-0.2, 0) is 11.4 Å². The fourth-order valence-corrected chi connectivity index (χ4v) is 2.01. The van der Waals surface area contributed by atoms with Crippen molar-refractivity contribution >= 4 is 35.2 Å². The van der Waals surface area contributed by atoms with E-state index in [9.17, 15) is 4.79 Å². The van der Waals surface area contributed by atoms with Crippen LogP contribution < -0.4 is 16.0 Å². The molecule has 0 aliphatic heterocycles. The van der Waals surface area contributed by atoms with Crippen LogP contribution in [0.5, 0.6) is 5.75 Å². The fourth-order valence-electron chi connectivity index (χ4n) is 1.69. The first-order valence-corrected chi connectivity index (χ1v) is 7.19. The first-order valence-electron chi connectivity index (χ1n) is 6.44. The summed E-state index contributed by atoms with van der Waals surface area (Å²) in [6, 6.07) is 12.7. The van der Waals surface area contributed by atoms with E-state index in [0.29, 0.717) is 22.4 Å². The Balaban J connectivity index is 1.95. The summed E-state index contributed by atoms with van der Waals surface area (Å²) in [5.74, 6) is 5.34. The quantitative estimate of drug-likeness (QED) is 0.379. The summed E-state index contributed by atoms with van der Waals surface area (Å²) in [7, 11) is 0. The lowest BCUT2D eigenvalue weighted by Crippen LogP contribution is -2.27. The van der Waals surface area contributed by atoms with Crippen LogP contribution in [0, 0.1) is 0 Å². The SMILES string of the molecule is NNC(=O)/C=C/c1ccc(OCc2ccc(Cl)c(Cl)c2)cc1.